The second kappa shape index (κ2) is 14.1. The minimum atomic E-state index is -0.409. The predicted molar refractivity (Wildman–Crippen MR) is 81.4 cm³/mol. The van der Waals surface area contributed by atoms with E-state index >= 15 is 0 Å². The Kier molecular flexibility index (Phi) is 13.2. The molecule has 4 heteroatoms. The zero-order valence-corrected chi connectivity index (χ0v) is 13.0. The van der Waals surface area contributed by atoms with Crippen molar-refractivity contribution in [2.45, 2.75) is 64.7 Å². The van der Waals surface area contributed by atoms with E-state index in [0.29, 0.717) is 6.42 Å². The van der Waals surface area contributed by atoms with E-state index in [0.717, 1.165) is 25.7 Å². The van der Waals surface area contributed by atoms with E-state index in [1.807, 2.05) is 0 Å². The number of hydrogen-bond donors (Lipinski definition) is 1. The standard InChI is InChI=1S/C16H29NO3/c1-3-4-5-6-7-8-9-10-11-12-13-15(18)17-14-16(19)20-2/h6-7H,3-5,8-14H2,1-2H3,(H,17,18)/b7-6-. The first-order valence-electron chi connectivity index (χ1n) is 7.69. The normalized spacial score (nSPS) is 10.7. The van der Waals surface area contributed by atoms with Crippen molar-refractivity contribution in [2.24, 2.45) is 0 Å². The summed E-state index contributed by atoms with van der Waals surface area (Å²) in [5.74, 6) is -0.483. The lowest BCUT2D eigenvalue weighted by Gasteiger charge is -2.03. The van der Waals surface area contributed by atoms with Gasteiger partial charge in [0, 0.05) is 6.42 Å². The molecule has 4 nitrogen and oxygen atoms in total. The van der Waals surface area contributed by atoms with Crippen molar-refractivity contribution in [3.63, 3.8) is 0 Å². The molecule has 20 heavy (non-hydrogen) atoms. The molecular weight excluding hydrogens is 254 g/mol. The van der Waals surface area contributed by atoms with Crippen molar-refractivity contribution in [1.82, 2.24) is 5.32 Å². The van der Waals surface area contributed by atoms with Gasteiger partial charge < -0.3 is 10.1 Å². The number of hydrogen-bond acceptors (Lipinski definition) is 3. The maximum Gasteiger partial charge on any atom is 0.325 e. The second-order valence-corrected chi connectivity index (χ2v) is 4.92. The van der Waals surface area contributed by atoms with Gasteiger partial charge in [-0.15, -0.1) is 0 Å². The second-order valence-electron chi connectivity index (χ2n) is 4.92. The Bertz CT molecular complexity index is 287. The summed E-state index contributed by atoms with van der Waals surface area (Å²) in [5.41, 5.74) is 0. The van der Waals surface area contributed by atoms with E-state index in [4.69, 9.17) is 0 Å². The SMILES string of the molecule is CCCC/C=C\CCCCCCC(=O)NCC(=O)OC. The highest BCUT2D eigenvalue weighted by Crippen LogP contribution is 2.06. The molecule has 0 heterocycles. The topological polar surface area (TPSA) is 55.4 Å². The molecule has 0 aliphatic rings. The molecule has 0 bridgehead atoms. The summed E-state index contributed by atoms with van der Waals surface area (Å²) in [4.78, 5) is 22.2. The lowest BCUT2D eigenvalue weighted by Crippen LogP contribution is -2.29. The van der Waals surface area contributed by atoms with Crippen molar-refractivity contribution in [3.8, 4) is 0 Å². The quantitative estimate of drug-likeness (QED) is 0.339. The van der Waals surface area contributed by atoms with Crippen LogP contribution >= 0.6 is 0 Å². The highest BCUT2D eigenvalue weighted by molar-refractivity contribution is 5.81. The predicted octanol–water partition coefficient (Wildman–Crippen LogP) is 3.36. The van der Waals surface area contributed by atoms with Gasteiger partial charge >= 0.3 is 5.97 Å². The minimum absolute atomic E-state index is 0.0299. The van der Waals surface area contributed by atoms with Gasteiger partial charge in [0.25, 0.3) is 0 Å². The number of allylic oxidation sites excluding steroid dienone is 2. The Morgan fingerprint density at radius 1 is 1.00 bits per heavy atom. The molecule has 0 fully saturated rings. The fourth-order valence-corrected chi connectivity index (χ4v) is 1.79. The van der Waals surface area contributed by atoms with Crippen LogP contribution in [-0.2, 0) is 14.3 Å². The zero-order chi connectivity index (χ0) is 15.1. The van der Waals surface area contributed by atoms with E-state index in [1.54, 1.807) is 0 Å². The lowest BCUT2D eigenvalue weighted by atomic mass is 10.1. The molecule has 0 aliphatic carbocycles. The number of carbonyl (C=O) groups is 2. The highest BCUT2D eigenvalue weighted by Gasteiger charge is 2.04. The number of rotatable bonds is 12. The molecule has 0 aromatic carbocycles. The Morgan fingerprint density at radius 2 is 1.65 bits per heavy atom. The summed E-state index contributed by atoms with van der Waals surface area (Å²) in [6.07, 6.45) is 14.2. The summed E-state index contributed by atoms with van der Waals surface area (Å²) < 4.78 is 4.45. The summed E-state index contributed by atoms with van der Waals surface area (Å²) in [5, 5.41) is 2.54. The van der Waals surface area contributed by atoms with Crippen LogP contribution in [0.5, 0.6) is 0 Å². The van der Waals surface area contributed by atoms with Gasteiger partial charge in [-0.25, -0.2) is 0 Å². The minimum Gasteiger partial charge on any atom is -0.468 e. The average molecular weight is 283 g/mol. The first-order chi connectivity index (χ1) is 9.70. The van der Waals surface area contributed by atoms with Crippen LogP contribution in [-0.4, -0.2) is 25.5 Å². The van der Waals surface area contributed by atoms with Crippen molar-refractivity contribution in [2.75, 3.05) is 13.7 Å². The number of unbranched alkanes of at least 4 members (excludes halogenated alkanes) is 6. The molecule has 0 aliphatic heterocycles. The van der Waals surface area contributed by atoms with Gasteiger partial charge in [-0.1, -0.05) is 44.8 Å². The lowest BCUT2D eigenvalue weighted by molar-refractivity contribution is -0.141. The number of amides is 1. The van der Waals surface area contributed by atoms with E-state index < -0.39 is 5.97 Å². The molecule has 0 atom stereocenters. The van der Waals surface area contributed by atoms with Crippen LogP contribution in [0.4, 0.5) is 0 Å². The largest absolute Gasteiger partial charge is 0.468 e. The third kappa shape index (κ3) is 13.1. The molecule has 0 radical (unpaired) electrons. The van der Waals surface area contributed by atoms with Gasteiger partial charge in [0.1, 0.15) is 6.54 Å². The van der Waals surface area contributed by atoms with Crippen LogP contribution in [0.3, 0.4) is 0 Å². The van der Waals surface area contributed by atoms with Gasteiger partial charge in [0.15, 0.2) is 0 Å². The van der Waals surface area contributed by atoms with Crippen molar-refractivity contribution in [3.05, 3.63) is 12.2 Å². The molecular formula is C16H29NO3. The molecule has 0 spiro atoms. The van der Waals surface area contributed by atoms with Crippen LogP contribution < -0.4 is 5.32 Å². The summed E-state index contributed by atoms with van der Waals surface area (Å²) in [6, 6.07) is 0. The molecule has 1 N–H and O–H groups in total. The molecule has 0 saturated carbocycles. The van der Waals surface area contributed by atoms with Crippen molar-refractivity contribution < 1.29 is 14.3 Å². The summed E-state index contributed by atoms with van der Waals surface area (Å²) >= 11 is 0. The van der Waals surface area contributed by atoms with E-state index in [2.05, 4.69) is 29.1 Å². The van der Waals surface area contributed by atoms with Gasteiger partial charge in [-0.3, -0.25) is 9.59 Å². The maximum atomic E-state index is 11.4. The fourth-order valence-electron chi connectivity index (χ4n) is 1.79. The number of esters is 1. The average Bonchev–Trinajstić information content (AvgIpc) is 2.46. The maximum absolute atomic E-state index is 11.4. The highest BCUT2D eigenvalue weighted by atomic mass is 16.5. The molecule has 0 aromatic rings. The van der Waals surface area contributed by atoms with Crippen LogP contribution in [0.2, 0.25) is 0 Å². The number of carbonyl (C=O) groups excluding carboxylic acids is 2. The monoisotopic (exact) mass is 283 g/mol. The molecule has 0 rings (SSSR count). The van der Waals surface area contributed by atoms with Crippen LogP contribution in [0.1, 0.15) is 64.7 Å². The van der Waals surface area contributed by atoms with E-state index in [-0.39, 0.29) is 12.5 Å². The van der Waals surface area contributed by atoms with Crippen molar-refractivity contribution >= 4 is 11.9 Å². The van der Waals surface area contributed by atoms with Crippen LogP contribution in [0.15, 0.2) is 12.2 Å². The molecule has 0 aromatic heterocycles. The Hall–Kier alpha value is -1.32. The zero-order valence-electron chi connectivity index (χ0n) is 13.0. The number of nitrogens with one attached hydrogen (secondary N) is 1. The molecule has 116 valence electrons. The summed E-state index contributed by atoms with van der Waals surface area (Å²) in [7, 11) is 1.31. The molecule has 0 unspecified atom stereocenters. The summed E-state index contributed by atoms with van der Waals surface area (Å²) in [6.45, 7) is 2.17. The Balaban J connectivity index is 3.29. The van der Waals surface area contributed by atoms with Gasteiger partial charge in [0.05, 0.1) is 7.11 Å². The van der Waals surface area contributed by atoms with Crippen LogP contribution in [0.25, 0.3) is 0 Å². The van der Waals surface area contributed by atoms with Crippen LogP contribution in [0, 0.1) is 0 Å². The van der Waals surface area contributed by atoms with E-state index in [9.17, 15) is 9.59 Å². The Morgan fingerprint density at radius 3 is 2.30 bits per heavy atom. The third-order valence-electron chi connectivity index (χ3n) is 3.07. The van der Waals surface area contributed by atoms with Gasteiger partial charge in [-0.2, -0.15) is 0 Å². The van der Waals surface area contributed by atoms with E-state index in [1.165, 1.54) is 32.8 Å². The first-order valence-corrected chi connectivity index (χ1v) is 7.69. The van der Waals surface area contributed by atoms with Gasteiger partial charge in [0.2, 0.25) is 5.91 Å². The van der Waals surface area contributed by atoms with Gasteiger partial charge in [-0.05, 0) is 25.7 Å². The smallest absolute Gasteiger partial charge is 0.325 e. The van der Waals surface area contributed by atoms with Crippen molar-refractivity contribution in [1.29, 1.82) is 0 Å². The number of ether oxygens (including phenoxy) is 1. The fraction of sp³-hybridized carbons (Fsp3) is 0.750. The first kappa shape index (κ1) is 18.7. The number of methoxy groups -OCH3 is 1. The third-order valence-corrected chi connectivity index (χ3v) is 3.07. The molecule has 0 saturated heterocycles. The Labute approximate surface area is 123 Å². The molecule has 1 amide bonds.